The van der Waals surface area contributed by atoms with Gasteiger partial charge in [0.25, 0.3) is 5.56 Å². The van der Waals surface area contributed by atoms with Crippen LogP contribution in [-0.4, -0.2) is 25.7 Å². The predicted octanol–water partition coefficient (Wildman–Crippen LogP) is 1.22. The van der Waals surface area contributed by atoms with Crippen molar-refractivity contribution in [3.05, 3.63) is 22.4 Å². The lowest BCUT2D eigenvalue weighted by Crippen LogP contribution is -2.38. The SMILES string of the molecule is CC(C)c1ncc2c(=O)n3c(nn12)NCC1(CC1)C3. The van der Waals surface area contributed by atoms with Crippen molar-refractivity contribution in [1.29, 1.82) is 0 Å². The number of hydrogen-bond acceptors (Lipinski definition) is 4. The molecule has 1 saturated carbocycles. The normalized spacial score (nSPS) is 19.7. The molecule has 0 atom stereocenters. The number of imidazole rings is 1. The highest BCUT2D eigenvalue weighted by Gasteiger charge is 2.46. The average molecular weight is 259 g/mol. The van der Waals surface area contributed by atoms with Crippen molar-refractivity contribution >= 4 is 11.5 Å². The van der Waals surface area contributed by atoms with Gasteiger partial charge in [-0.3, -0.25) is 9.36 Å². The third-order valence-electron chi connectivity index (χ3n) is 4.27. The Kier molecular flexibility index (Phi) is 1.96. The Morgan fingerprint density at radius 1 is 1.42 bits per heavy atom. The fourth-order valence-electron chi connectivity index (χ4n) is 2.83. The Labute approximate surface area is 110 Å². The molecule has 3 heterocycles. The Hall–Kier alpha value is -1.85. The molecule has 1 aliphatic carbocycles. The van der Waals surface area contributed by atoms with Gasteiger partial charge in [0.1, 0.15) is 5.82 Å². The van der Waals surface area contributed by atoms with Crippen molar-refractivity contribution in [2.75, 3.05) is 11.9 Å². The van der Waals surface area contributed by atoms with Gasteiger partial charge in [-0.15, -0.1) is 5.10 Å². The van der Waals surface area contributed by atoms with Crippen molar-refractivity contribution in [3.63, 3.8) is 0 Å². The number of anilines is 1. The molecular formula is C13H17N5O. The first-order chi connectivity index (χ1) is 9.10. The summed E-state index contributed by atoms with van der Waals surface area (Å²) in [6.07, 6.45) is 4.05. The van der Waals surface area contributed by atoms with Gasteiger partial charge in [0, 0.05) is 24.4 Å². The topological polar surface area (TPSA) is 64.2 Å². The summed E-state index contributed by atoms with van der Waals surface area (Å²) in [5, 5.41) is 7.86. The van der Waals surface area contributed by atoms with Crippen LogP contribution < -0.4 is 10.9 Å². The van der Waals surface area contributed by atoms with E-state index in [0.717, 1.165) is 18.9 Å². The summed E-state index contributed by atoms with van der Waals surface area (Å²) in [7, 11) is 0. The maximum Gasteiger partial charge on any atom is 0.280 e. The van der Waals surface area contributed by atoms with Gasteiger partial charge < -0.3 is 5.32 Å². The van der Waals surface area contributed by atoms with E-state index in [2.05, 4.69) is 29.2 Å². The monoisotopic (exact) mass is 259 g/mol. The van der Waals surface area contributed by atoms with Gasteiger partial charge in [-0.25, -0.2) is 9.50 Å². The second-order valence-corrected chi connectivity index (χ2v) is 6.14. The van der Waals surface area contributed by atoms with E-state index in [4.69, 9.17) is 0 Å². The van der Waals surface area contributed by atoms with E-state index in [0.29, 0.717) is 16.9 Å². The molecule has 2 aromatic heterocycles. The quantitative estimate of drug-likeness (QED) is 0.836. The minimum atomic E-state index is 0.0166. The van der Waals surface area contributed by atoms with Gasteiger partial charge in [-0.2, -0.15) is 0 Å². The minimum Gasteiger partial charge on any atom is -0.354 e. The Bertz CT molecular complexity index is 722. The molecule has 2 aromatic rings. The highest BCUT2D eigenvalue weighted by atomic mass is 16.1. The summed E-state index contributed by atoms with van der Waals surface area (Å²) in [6, 6.07) is 0. The summed E-state index contributed by atoms with van der Waals surface area (Å²) in [4.78, 5) is 16.9. The maximum absolute atomic E-state index is 12.5. The number of fused-ring (bicyclic) bond motifs is 2. The summed E-state index contributed by atoms with van der Waals surface area (Å²) in [5.74, 6) is 1.76. The minimum absolute atomic E-state index is 0.0166. The van der Waals surface area contributed by atoms with Crippen molar-refractivity contribution in [3.8, 4) is 0 Å². The lowest BCUT2D eigenvalue weighted by atomic mass is 10.1. The molecule has 1 N–H and O–H groups in total. The number of nitrogens with zero attached hydrogens (tertiary/aromatic N) is 4. The van der Waals surface area contributed by atoms with E-state index < -0.39 is 0 Å². The number of hydrogen-bond donors (Lipinski definition) is 1. The number of rotatable bonds is 1. The van der Waals surface area contributed by atoms with Crippen LogP contribution in [0.25, 0.3) is 5.52 Å². The molecule has 100 valence electrons. The average Bonchev–Trinajstić information content (AvgIpc) is 2.98. The predicted molar refractivity (Wildman–Crippen MR) is 71.5 cm³/mol. The lowest BCUT2D eigenvalue weighted by Gasteiger charge is -2.26. The number of nitrogens with one attached hydrogen (secondary N) is 1. The first-order valence-electron chi connectivity index (χ1n) is 6.82. The van der Waals surface area contributed by atoms with E-state index in [1.165, 1.54) is 12.8 Å². The van der Waals surface area contributed by atoms with Crippen LogP contribution in [0.3, 0.4) is 0 Å². The van der Waals surface area contributed by atoms with Gasteiger partial charge in [0.05, 0.1) is 6.20 Å². The van der Waals surface area contributed by atoms with Gasteiger partial charge in [-0.05, 0) is 12.8 Å². The summed E-state index contributed by atoms with van der Waals surface area (Å²) in [5.41, 5.74) is 0.896. The van der Waals surface area contributed by atoms with Crippen molar-refractivity contribution in [2.45, 2.75) is 39.2 Å². The molecule has 0 unspecified atom stereocenters. The molecule has 1 aliphatic heterocycles. The fraction of sp³-hybridized carbons (Fsp3) is 0.615. The van der Waals surface area contributed by atoms with Crippen LogP contribution in [0.5, 0.6) is 0 Å². The molecule has 6 nitrogen and oxygen atoms in total. The summed E-state index contributed by atoms with van der Waals surface area (Å²) in [6.45, 7) is 5.83. The van der Waals surface area contributed by atoms with Crippen LogP contribution in [0.4, 0.5) is 5.95 Å². The lowest BCUT2D eigenvalue weighted by molar-refractivity contribution is 0.405. The molecule has 1 fully saturated rings. The van der Waals surface area contributed by atoms with Crippen LogP contribution in [-0.2, 0) is 6.54 Å². The van der Waals surface area contributed by atoms with Crippen LogP contribution in [0.15, 0.2) is 11.0 Å². The molecular weight excluding hydrogens is 242 g/mol. The molecule has 2 aliphatic rings. The molecule has 4 rings (SSSR count). The van der Waals surface area contributed by atoms with Gasteiger partial charge >= 0.3 is 0 Å². The van der Waals surface area contributed by atoms with E-state index in [1.54, 1.807) is 15.3 Å². The highest BCUT2D eigenvalue weighted by Crippen LogP contribution is 2.48. The van der Waals surface area contributed by atoms with Gasteiger partial charge in [-0.1, -0.05) is 13.8 Å². The molecule has 0 bridgehead atoms. The zero-order chi connectivity index (χ0) is 13.2. The molecule has 0 radical (unpaired) electrons. The molecule has 6 heteroatoms. The van der Waals surface area contributed by atoms with Crippen LogP contribution in [0.2, 0.25) is 0 Å². The highest BCUT2D eigenvalue weighted by molar-refractivity contribution is 5.46. The Morgan fingerprint density at radius 3 is 2.89 bits per heavy atom. The molecule has 0 aromatic carbocycles. The first-order valence-corrected chi connectivity index (χ1v) is 6.82. The van der Waals surface area contributed by atoms with E-state index in [1.807, 2.05) is 0 Å². The van der Waals surface area contributed by atoms with Gasteiger partial charge in [0.15, 0.2) is 5.52 Å². The maximum atomic E-state index is 12.5. The van der Waals surface area contributed by atoms with Crippen molar-refractivity contribution in [1.82, 2.24) is 19.2 Å². The summed E-state index contributed by atoms with van der Waals surface area (Å²) < 4.78 is 3.47. The molecule has 0 amide bonds. The summed E-state index contributed by atoms with van der Waals surface area (Å²) >= 11 is 0. The second kappa shape index (κ2) is 3.37. The van der Waals surface area contributed by atoms with E-state index in [-0.39, 0.29) is 11.5 Å². The molecule has 19 heavy (non-hydrogen) atoms. The smallest absolute Gasteiger partial charge is 0.280 e. The fourth-order valence-corrected chi connectivity index (χ4v) is 2.83. The van der Waals surface area contributed by atoms with E-state index >= 15 is 0 Å². The Balaban J connectivity index is 1.96. The second-order valence-electron chi connectivity index (χ2n) is 6.14. The standard InChI is InChI=1S/C13H17N5O/c1-8(2)10-14-5-9-11(19)17-7-13(3-4-13)6-15-12(17)16-18(9)10/h5,8H,3-4,6-7H2,1-2H3,(H,15,16). The van der Waals surface area contributed by atoms with Crippen LogP contribution in [0.1, 0.15) is 38.4 Å². The largest absolute Gasteiger partial charge is 0.354 e. The third-order valence-corrected chi connectivity index (χ3v) is 4.27. The Morgan fingerprint density at radius 2 is 2.21 bits per heavy atom. The van der Waals surface area contributed by atoms with Crippen molar-refractivity contribution in [2.24, 2.45) is 5.41 Å². The van der Waals surface area contributed by atoms with Gasteiger partial charge in [0.2, 0.25) is 5.95 Å². The zero-order valence-electron chi connectivity index (χ0n) is 11.2. The zero-order valence-corrected chi connectivity index (χ0v) is 11.2. The van der Waals surface area contributed by atoms with Crippen molar-refractivity contribution < 1.29 is 0 Å². The molecule has 0 saturated heterocycles. The van der Waals surface area contributed by atoms with Crippen LogP contribution in [0, 0.1) is 5.41 Å². The number of aromatic nitrogens is 4. The first kappa shape index (κ1) is 11.0. The molecule has 1 spiro atoms. The van der Waals surface area contributed by atoms with E-state index in [9.17, 15) is 4.79 Å². The van der Waals surface area contributed by atoms with Crippen LogP contribution >= 0.6 is 0 Å². The third kappa shape index (κ3) is 1.45.